The summed E-state index contributed by atoms with van der Waals surface area (Å²) < 4.78 is 17.3. The van der Waals surface area contributed by atoms with Crippen LogP contribution in [0, 0.1) is 6.92 Å². The number of hydrogen-bond donors (Lipinski definition) is 0. The number of methoxy groups -OCH3 is 2. The van der Waals surface area contributed by atoms with Crippen LogP contribution in [0.25, 0.3) is 10.8 Å². The number of hydrogen-bond acceptors (Lipinski definition) is 3. The number of aryl methyl sites for hydroxylation is 1. The molecule has 3 rings (SSSR count). The monoisotopic (exact) mass is 298 g/mol. The Labute approximate surface area is 131 Å². The number of ether oxygens (including phenoxy) is 3. The minimum absolute atomic E-state index is 0.105. The van der Waals surface area contributed by atoms with Crippen LogP contribution in [-0.2, 0) is 16.1 Å². The Morgan fingerprint density at radius 3 is 2.68 bits per heavy atom. The van der Waals surface area contributed by atoms with Crippen molar-refractivity contribution in [2.24, 2.45) is 0 Å². The van der Waals surface area contributed by atoms with Gasteiger partial charge in [0.25, 0.3) is 0 Å². The molecule has 0 saturated heterocycles. The van der Waals surface area contributed by atoms with E-state index in [1.807, 2.05) is 6.92 Å². The quantitative estimate of drug-likeness (QED) is 0.790. The number of fused-ring (bicyclic) bond motifs is 3. The van der Waals surface area contributed by atoms with Crippen molar-refractivity contribution in [1.29, 1.82) is 0 Å². The van der Waals surface area contributed by atoms with Crippen LogP contribution in [-0.4, -0.2) is 20.3 Å². The lowest BCUT2D eigenvalue weighted by atomic mass is 9.89. The minimum Gasteiger partial charge on any atom is -0.496 e. The molecule has 1 heterocycles. The SMILES string of the molecule is C=C(C)C1OCc2c(ccc3cc(C)cc(OC)c23)C1OC. The summed E-state index contributed by atoms with van der Waals surface area (Å²) in [6, 6.07) is 8.51. The van der Waals surface area contributed by atoms with E-state index in [9.17, 15) is 0 Å². The van der Waals surface area contributed by atoms with Gasteiger partial charge in [-0.3, -0.25) is 0 Å². The van der Waals surface area contributed by atoms with Gasteiger partial charge in [-0.25, -0.2) is 0 Å². The molecule has 3 nitrogen and oxygen atoms in total. The Morgan fingerprint density at radius 2 is 2.05 bits per heavy atom. The zero-order valence-electron chi connectivity index (χ0n) is 13.6. The maximum Gasteiger partial charge on any atom is 0.127 e. The summed E-state index contributed by atoms with van der Waals surface area (Å²) in [7, 11) is 3.43. The molecule has 0 N–H and O–H groups in total. The van der Waals surface area contributed by atoms with E-state index in [1.54, 1.807) is 14.2 Å². The molecule has 0 aliphatic carbocycles. The van der Waals surface area contributed by atoms with Crippen molar-refractivity contribution in [2.45, 2.75) is 32.7 Å². The average molecular weight is 298 g/mol. The van der Waals surface area contributed by atoms with Crippen LogP contribution in [0.15, 0.2) is 36.4 Å². The Balaban J connectivity index is 2.25. The van der Waals surface area contributed by atoms with E-state index in [-0.39, 0.29) is 12.2 Å². The van der Waals surface area contributed by atoms with Crippen LogP contribution in [0.3, 0.4) is 0 Å². The summed E-state index contributed by atoms with van der Waals surface area (Å²) in [6.07, 6.45) is -0.233. The Kier molecular flexibility index (Phi) is 3.94. The standard InChI is InChI=1S/C19H22O3/c1-11(2)18-19(21-5)14-7-6-13-8-12(3)9-16(20-4)17(13)15(14)10-22-18/h6-9,18-19H,1,10H2,2-5H3. The zero-order valence-corrected chi connectivity index (χ0v) is 13.6. The summed E-state index contributed by atoms with van der Waals surface area (Å²) in [5, 5.41) is 2.29. The molecule has 2 aromatic carbocycles. The first-order valence-corrected chi connectivity index (χ1v) is 7.46. The van der Waals surface area contributed by atoms with Gasteiger partial charge in [-0.05, 0) is 47.6 Å². The topological polar surface area (TPSA) is 27.7 Å². The molecule has 2 aromatic rings. The van der Waals surface area contributed by atoms with Crippen molar-refractivity contribution in [1.82, 2.24) is 0 Å². The molecule has 0 bridgehead atoms. The molecule has 2 unspecified atom stereocenters. The maximum atomic E-state index is 6.03. The van der Waals surface area contributed by atoms with Crippen LogP contribution in [0.2, 0.25) is 0 Å². The first kappa shape index (κ1) is 15.1. The summed E-state index contributed by atoms with van der Waals surface area (Å²) in [5.74, 6) is 0.888. The van der Waals surface area contributed by atoms with Crippen molar-refractivity contribution in [3.63, 3.8) is 0 Å². The van der Waals surface area contributed by atoms with Gasteiger partial charge >= 0.3 is 0 Å². The van der Waals surface area contributed by atoms with E-state index in [0.29, 0.717) is 6.61 Å². The molecule has 1 aliphatic heterocycles. The Bertz CT molecular complexity index is 733. The highest BCUT2D eigenvalue weighted by atomic mass is 16.5. The lowest BCUT2D eigenvalue weighted by Gasteiger charge is -2.34. The third kappa shape index (κ3) is 2.31. The van der Waals surface area contributed by atoms with E-state index in [0.717, 1.165) is 27.8 Å². The third-order valence-corrected chi connectivity index (χ3v) is 4.32. The molecule has 0 amide bonds. The highest BCUT2D eigenvalue weighted by molar-refractivity contribution is 5.93. The van der Waals surface area contributed by atoms with Crippen LogP contribution >= 0.6 is 0 Å². The van der Waals surface area contributed by atoms with Crippen molar-refractivity contribution in [3.05, 3.63) is 53.1 Å². The molecular formula is C19H22O3. The highest BCUT2D eigenvalue weighted by Gasteiger charge is 2.32. The molecule has 0 radical (unpaired) electrons. The lowest BCUT2D eigenvalue weighted by molar-refractivity contribution is -0.0611. The van der Waals surface area contributed by atoms with E-state index in [4.69, 9.17) is 14.2 Å². The van der Waals surface area contributed by atoms with Crippen molar-refractivity contribution < 1.29 is 14.2 Å². The van der Waals surface area contributed by atoms with Gasteiger partial charge in [0.05, 0.1) is 13.7 Å². The zero-order chi connectivity index (χ0) is 15.9. The highest BCUT2D eigenvalue weighted by Crippen LogP contribution is 2.41. The minimum atomic E-state index is -0.128. The Morgan fingerprint density at radius 1 is 1.27 bits per heavy atom. The summed E-state index contributed by atoms with van der Waals surface area (Å²) in [4.78, 5) is 0. The lowest BCUT2D eigenvalue weighted by Crippen LogP contribution is -2.30. The predicted octanol–water partition coefficient (Wildman–Crippen LogP) is 4.32. The fourth-order valence-electron chi connectivity index (χ4n) is 3.32. The van der Waals surface area contributed by atoms with Gasteiger partial charge in [-0.2, -0.15) is 0 Å². The smallest absolute Gasteiger partial charge is 0.127 e. The molecule has 3 heteroatoms. The second kappa shape index (κ2) is 5.75. The average Bonchev–Trinajstić information content (AvgIpc) is 2.51. The molecule has 0 aromatic heterocycles. The van der Waals surface area contributed by atoms with Gasteiger partial charge < -0.3 is 14.2 Å². The van der Waals surface area contributed by atoms with Crippen LogP contribution in [0.5, 0.6) is 5.75 Å². The fraction of sp³-hybridized carbons (Fsp3) is 0.368. The molecular weight excluding hydrogens is 276 g/mol. The van der Waals surface area contributed by atoms with Gasteiger partial charge in [-0.15, -0.1) is 0 Å². The molecule has 22 heavy (non-hydrogen) atoms. The number of rotatable bonds is 3. The third-order valence-electron chi connectivity index (χ3n) is 4.32. The second-order valence-corrected chi connectivity index (χ2v) is 5.93. The van der Waals surface area contributed by atoms with Gasteiger partial charge in [-0.1, -0.05) is 24.8 Å². The van der Waals surface area contributed by atoms with E-state index in [2.05, 4.69) is 37.8 Å². The first-order valence-electron chi connectivity index (χ1n) is 7.46. The molecule has 116 valence electrons. The largest absolute Gasteiger partial charge is 0.496 e. The van der Waals surface area contributed by atoms with Crippen molar-refractivity contribution in [2.75, 3.05) is 14.2 Å². The van der Waals surface area contributed by atoms with Crippen molar-refractivity contribution in [3.8, 4) is 5.75 Å². The van der Waals surface area contributed by atoms with Crippen LogP contribution in [0.4, 0.5) is 0 Å². The summed E-state index contributed by atoms with van der Waals surface area (Å²) in [5.41, 5.74) is 4.48. The molecule has 1 aliphatic rings. The normalized spacial score (nSPS) is 20.7. The van der Waals surface area contributed by atoms with E-state index < -0.39 is 0 Å². The van der Waals surface area contributed by atoms with Gasteiger partial charge in [0, 0.05) is 12.5 Å². The first-order chi connectivity index (χ1) is 10.6. The van der Waals surface area contributed by atoms with Gasteiger partial charge in [0.1, 0.15) is 18.0 Å². The maximum absolute atomic E-state index is 6.03. The molecule has 0 fully saturated rings. The van der Waals surface area contributed by atoms with E-state index in [1.165, 1.54) is 10.9 Å². The summed E-state index contributed by atoms with van der Waals surface area (Å²) >= 11 is 0. The number of benzene rings is 2. The molecule has 0 saturated carbocycles. The van der Waals surface area contributed by atoms with Crippen LogP contribution in [0.1, 0.15) is 29.7 Å². The van der Waals surface area contributed by atoms with Crippen LogP contribution < -0.4 is 4.74 Å². The van der Waals surface area contributed by atoms with E-state index >= 15 is 0 Å². The predicted molar refractivity (Wildman–Crippen MR) is 88.4 cm³/mol. The second-order valence-electron chi connectivity index (χ2n) is 5.93. The Hall–Kier alpha value is -1.84. The van der Waals surface area contributed by atoms with Gasteiger partial charge in [0.15, 0.2) is 0 Å². The fourth-order valence-corrected chi connectivity index (χ4v) is 3.32. The van der Waals surface area contributed by atoms with Gasteiger partial charge in [0.2, 0.25) is 0 Å². The molecule has 2 atom stereocenters. The van der Waals surface area contributed by atoms with Crippen molar-refractivity contribution >= 4 is 10.8 Å². The molecule has 0 spiro atoms. The summed E-state index contributed by atoms with van der Waals surface area (Å²) in [6.45, 7) is 8.63.